The van der Waals surface area contributed by atoms with Crippen molar-refractivity contribution in [3.8, 4) is 0 Å². The Kier molecular flexibility index (Phi) is 2.36. The van der Waals surface area contributed by atoms with Gasteiger partial charge >= 0.3 is 0 Å². The molecule has 0 spiro atoms. The molecule has 1 fully saturated rings. The zero-order valence-corrected chi connectivity index (χ0v) is 11.4. The van der Waals surface area contributed by atoms with Gasteiger partial charge in [0.2, 0.25) is 0 Å². The first-order valence-electron chi connectivity index (χ1n) is 6.71. The van der Waals surface area contributed by atoms with Crippen LogP contribution in [0.15, 0.2) is 35.7 Å². The fraction of sp³-hybridized carbons (Fsp3) is 0.375. The maximum atomic E-state index is 2.55. The van der Waals surface area contributed by atoms with Gasteiger partial charge in [0.1, 0.15) is 0 Å². The number of nitrogens with zero attached hydrogens (tertiary/aromatic N) is 1. The number of rotatable bonds is 1. The average molecular weight is 255 g/mol. The zero-order valence-electron chi connectivity index (χ0n) is 10.6. The fourth-order valence-corrected chi connectivity index (χ4v) is 4.24. The summed E-state index contributed by atoms with van der Waals surface area (Å²) in [5.41, 5.74) is 3.01. The lowest BCUT2D eigenvalue weighted by atomic mass is 9.95. The van der Waals surface area contributed by atoms with Crippen LogP contribution in [-0.2, 0) is 0 Å². The van der Waals surface area contributed by atoms with Crippen molar-refractivity contribution in [1.82, 2.24) is 4.90 Å². The van der Waals surface area contributed by atoms with Crippen LogP contribution in [0.2, 0.25) is 0 Å². The van der Waals surface area contributed by atoms with Crippen LogP contribution in [0.1, 0.15) is 24.8 Å². The Labute approximate surface area is 112 Å². The summed E-state index contributed by atoms with van der Waals surface area (Å²) in [4.78, 5) is 2.55. The predicted molar refractivity (Wildman–Crippen MR) is 79.0 cm³/mol. The van der Waals surface area contributed by atoms with E-state index in [0.717, 1.165) is 6.04 Å². The van der Waals surface area contributed by atoms with Crippen molar-refractivity contribution in [2.45, 2.75) is 31.3 Å². The van der Waals surface area contributed by atoms with E-state index in [9.17, 15) is 0 Å². The quantitative estimate of drug-likeness (QED) is 0.740. The molecule has 18 heavy (non-hydrogen) atoms. The van der Waals surface area contributed by atoms with Crippen LogP contribution in [0.5, 0.6) is 0 Å². The molecule has 0 aliphatic carbocycles. The highest BCUT2D eigenvalue weighted by Crippen LogP contribution is 2.38. The van der Waals surface area contributed by atoms with Gasteiger partial charge in [-0.2, -0.15) is 0 Å². The van der Waals surface area contributed by atoms with Gasteiger partial charge in [0.05, 0.1) is 0 Å². The molecule has 0 radical (unpaired) electrons. The van der Waals surface area contributed by atoms with Crippen molar-refractivity contribution in [1.29, 1.82) is 0 Å². The lowest BCUT2D eigenvalue weighted by Gasteiger charge is -2.30. The zero-order chi connectivity index (χ0) is 12.1. The van der Waals surface area contributed by atoms with Crippen molar-refractivity contribution in [3.05, 3.63) is 41.3 Å². The Bertz CT molecular complexity index is 625. The third-order valence-electron chi connectivity index (χ3n) is 4.57. The second-order valence-corrected chi connectivity index (χ2v) is 6.48. The summed E-state index contributed by atoms with van der Waals surface area (Å²) < 4.78 is 1.42. The lowest BCUT2D eigenvalue weighted by Crippen LogP contribution is -2.34. The minimum absolute atomic E-state index is 0.679. The molecule has 0 saturated carbocycles. The van der Waals surface area contributed by atoms with E-state index >= 15 is 0 Å². The smallest absolute Gasteiger partial charge is 0.0348 e. The van der Waals surface area contributed by atoms with Gasteiger partial charge in [-0.25, -0.2) is 0 Å². The van der Waals surface area contributed by atoms with Crippen LogP contribution in [0.4, 0.5) is 0 Å². The van der Waals surface area contributed by atoms with Gasteiger partial charge in [-0.15, -0.1) is 11.3 Å². The molecule has 3 heterocycles. The highest BCUT2D eigenvalue weighted by atomic mass is 32.1. The predicted octanol–water partition coefficient (Wildman–Crippen LogP) is 4.15. The monoisotopic (exact) mass is 255 g/mol. The van der Waals surface area contributed by atoms with Crippen LogP contribution in [0.3, 0.4) is 0 Å². The van der Waals surface area contributed by atoms with Crippen molar-refractivity contribution < 1.29 is 0 Å². The Morgan fingerprint density at radius 1 is 1.22 bits per heavy atom. The Morgan fingerprint density at radius 3 is 3.06 bits per heavy atom. The number of benzene rings is 1. The molecule has 2 bridgehead atoms. The number of hydrogen-bond acceptors (Lipinski definition) is 2. The molecule has 4 rings (SSSR count). The molecule has 2 aliphatic heterocycles. The topological polar surface area (TPSA) is 3.24 Å². The number of likely N-dealkylation sites (N-methyl/N-ethyl adjacent to an activating group) is 1. The average Bonchev–Trinajstić information content (AvgIpc) is 2.90. The molecule has 2 heteroatoms. The van der Waals surface area contributed by atoms with E-state index in [-0.39, 0.29) is 0 Å². The summed E-state index contributed by atoms with van der Waals surface area (Å²) in [6.07, 6.45) is 6.43. The largest absolute Gasteiger partial charge is 0.297 e. The molecule has 0 N–H and O–H groups in total. The first-order chi connectivity index (χ1) is 8.81. The minimum Gasteiger partial charge on any atom is -0.297 e. The van der Waals surface area contributed by atoms with Crippen LogP contribution in [-0.4, -0.2) is 24.0 Å². The lowest BCUT2D eigenvalue weighted by molar-refractivity contribution is 0.264. The van der Waals surface area contributed by atoms with Gasteiger partial charge in [-0.1, -0.05) is 18.2 Å². The summed E-state index contributed by atoms with van der Waals surface area (Å²) in [5.74, 6) is 0. The van der Waals surface area contributed by atoms with E-state index in [1.54, 1.807) is 5.57 Å². The van der Waals surface area contributed by atoms with Gasteiger partial charge < -0.3 is 0 Å². The number of hydrogen-bond donors (Lipinski definition) is 0. The Balaban J connectivity index is 1.76. The van der Waals surface area contributed by atoms with E-state index in [4.69, 9.17) is 0 Å². The molecular weight excluding hydrogens is 238 g/mol. The summed E-state index contributed by atoms with van der Waals surface area (Å²) in [5, 5.41) is 3.56. The standard InChI is InChI=1S/C16H17NS/c1-17-14-4-5-15(17)9-13(8-14)12-3-2-11-6-7-18-16(11)10-12/h2-3,6-8,10,14-15H,4-5,9H2,1H3. The second kappa shape index (κ2) is 3.94. The molecule has 2 atom stereocenters. The van der Waals surface area contributed by atoms with Crippen LogP contribution in [0.25, 0.3) is 15.7 Å². The third kappa shape index (κ3) is 1.56. The number of fused-ring (bicyclic) bond motifs is 3. The molecular formula is C16H17NS. The summed E-state index contributed by atoms with van der Waals surface area (Å²) in [6, 6.07) is 10.6. The summed E-state index contributed by atoms with van der Waals surface area (Å²) >= 11 is 1.85. The fourth-order valence-electron chi connectivity index (χ4n) is 3.41. The van der Waals surface area contributed by atoms with E-state index < -0.39 is 0 Å². The minimum atomic E-state index is 0.679. The summed E-state index contributed by atoms with van der Waals surface area (Å²) in [7, 11) is 2.28. The highest BCUT2D eigenvalue weighted by molar-refractivity contribution is 7.17. The molecule has 92 valence electrons. The van der Waals surface area contributed by atoms with Crippen molar-refractivity contribution >= 4 is 27.0 Å². The van der Waals surface area contributed by atoms with Crippen LogP contribution < -0.4 is 0 Å². The van der Waals surface area contributed by atoms with E-state index in [1.807, 2.05) is 11.3 Å². The first kappa shape index (κ1) is 10.8. The van der Waals surface area contributed by atoms with Gasteiger partial charge in [0, 0.05) is 16.8 Å². The van der Waals surface area contributed by atoms with Crippen molar-refractivity contribution in [2.75, 3.05) is 7.05 Å². The van der Waals surface area contributed by atoms with Crippen molar-refractivity contribution in [2.24, 2.45) is 0 Å². The number of thiophene rings is 1. The summed E-state index contributed by atoms with van der Waals surface area (Å²) in [6.45, 7) is 0. The SMILES string of the molecule is CN1C2C=C(c3ccc4ccsc4c3)CC1CC2. The maximum Gasteiger partial charge on any atom is 0.0348 e. The molecule has 2 aromatic rings. The molecule has 2 aliphatic rings. The molecule has 2 unspecified atom stereocenters. The highest BCUT2D eigenvalue weighted by Gasteiger charge is 2.33. The van der Waals surface area contributed by atoms with E-state index in [2.05, 4.69) is 47.7 Å². The van der Waals surface area contributed by atoms with Gasteiger partial charge in [-0.3, -0.25) is 4.90 Å². The Morgan fingerprint density at radius 2 is 2.17 bits per heavy atom. The third-order valence-corrected chi connectivity index (χ3v) is 5.45. The van der Waals surface area contributed by atoms with E-state index in [0.29, 0.717) is 6.04 Å². The molecule has 1 aromatic heterocycles. The molecule has 1 saturated heterocycles. The molecule has 1 nitrogen and oxygen atoms in total. The molecule has 0 amide bonds. The van der Waals surface area contributed by atoms with Gasteiger partial charge in [0.25, 0.3) is 0 Å². The van der Waals surface area contributed by atoms with Crippen molar-refractivity contribution in [3.63, 3.8) is 0 Å². The van der Waals surface area contributed by atoms with E-state index in [1.165, 1.54) is 34.9 Å². The molecule has 1 aromatic carbocycles. The normalized spacial score (nSPS) is 27.7. The van der Waals surface area contributed by atoms with Crippen LogP contribution >= 0.6 is 11.3 Å². The van der Waals surface area contributed by atoms with Gasteiger partial charge in [0.15, 0.2) is 0 Å². The van der Waals surface area contributed by atoms with Gasteiger partial charge in [-0.05, 0) is 60.3 Å². The first-order valence-corrected chi connectivity index (χ1v) is 7.59. The Hall–Kier alpha value is -1.12. The van der Waals surface area contributed by atoms with Crippen LogP contribution in [0, 0.1) is 0 Å². The second-order valence-electron chi connectivity index (χ2n) is 5.53. The maximum absolute atomic E-state index is 2.55.